The summed E-state index contributed by atoms with van der Waals surface area (Å²) in [7, 11) is 1.51. The van der Waals surface area contributed by atoms with Gasteiger partial charge in [0.15, 0.2) is 11.5 Å². The number of carbonyl (C=O) groups is 1. The van der Waals surface area contributed by atoms with E-state index in [4.69, 9.17) is 20.9 Å². The number of aromatic nitrogens is 2. The van der Waals surface area contributed by atoms with Crippen LogP contribution in [0.1, 0.15) is 16.1 Å². The summed E-state index contributed by atoms with van der Waals surface area (Å²) in [5.41, 5.74) is 2.23. The number of rotatable bonds is 4. The van der Waals surface area contributed by atoms with Crippen LogP contribution in [0.5, 0.6) is 5.75 Å². The Morgan fingerprint density at radius 3 is 2.88 bits per heavy atom. The van der Waals surface area contributed by atoms with Crippen molar-refractivity contribution in [1.29, 1.82) is 0 Å². The number of aryl methyl sites for hydroxylation is 1. The largest absolute Gasteiger partial charge is 0.495 e. The lowest BCUT2D eigenvalue weighted by Gasteiger charge is -2.11. The second-order valence-electron chi connectivity index (χ2n) is 5.07. The molecule has 6 nitrogen and oxygen atoms in total. The predicted molar refractivity (Wildman–Crippen MR) is 90.4 cm³/mol. The van der Waals surface area contributed by atoms with E-state index in [9.17, 15) is 4.79 Å². The normalized spacial score (nSPS) is 10.5. The Kier molecular flexibility index (Phi) is 4.48. The Bertz CT molecular complexity index is 878. The van der Waals surface area contributed by atoms with Gasteiger partial charge < -0.3 is 14.6 Å². The number of benzene rings is 1. The van der Waals surface area contributed by atoms with E-state index in [0.29, 0.717) is 22.2 Å². The van der Waals surface area contributed by atoms with E-state index < -0.39 is 5.91 Å². The lowest BCUT2D eigenvalue weighted by molar-refractivity contribution is 0.101. The lowest BCUT2D eigenvalue weighted by Crippen LogP contribution is -2.13. The quantitative estimate of drug-likeness (QED) is 0.775. The molecule has 0 aliphatic carbocycles. The van der Waals surface area contributed by atoms with Crippen molar-refractivity contribution in [2.24, 2.45) is 0 Å². The van der Waals surface area contributed by atoms with Crippen LogP contribution < -0.4 is 10.1 Å². The van der Waals surface area contributed by atoms with Crippen LogP contribution in [0.3, 0.4) is 0 Å². The summed E-state index contributed by atoms with van der Waals surface area (Å²) in [6, 6.07) is 8.54. The Labute approximate surface area is 143 Å². The Hall–Kier alpha value is -2.86. The van der Waals surface area contributed by atoms with Crippen molar-refractivity contribution in [2.45, 2.75) is 6.92 Å². The number of pyridine rings is 1. The van der Waals surface area contributed by atoms with Crippen molar-refractivity contribution >= 4 is 23.2 Å². The molecule has 0 atom stereocenters. The molecule has 3 aromatic rings. The van der Waals surface area contributed by atoms with E-state index in [-0.39, 0.29) is 5.69 Å². The minimum absolute atomic E-state index is 0.156. The fourth-order valence-corrected chi connectivity index (χ4v) is 2.30. The smallest absolute Gasteiger partial charge is 0.277 e. The van der Waals surface area contributed by atoms with Gasteiger partial charge in [-0.05, 0) is 30.7 Å². The monoisotopic (exact) mass is 343 g/mol. The summed E-state index contributed by atoms with van der Waals surface area (Å²) in [5, 5.41) is 7.11. The molecule has 0 saturated carbocycles. The van der Waals surface area contributed by atoms with Crippen LogP contribution in [0, 0.1) is 6.92 Å². The molecule has 24 heavy (non-hydrogen) atoms. The summed E-state index contributed by atoms with van der Waals surface area (Å²) in [4.78, 5) is 16.4. The van der Waals surface area contributed by atoms with Crippen LogP contribution >= 0.6 is 11.6 Å². The molecule has 0 aliphatic rings. The summed E-state index contributed by atoms with van der Waals surface area (Å²) in [5.74, 6) is 0.524. The zero-order valence-corrected chi connectivity index (χ0v) is 13.8. The molecule has 122 valence electrons. The average Bonchev–Trinajstić information content (AvgIpc) is 3.09. The van der Waals surface area contributed by atoms with Gasteiger partial charge in [-0.1, -0.05) is 16.8 Å². The molecule has 0 radical (unpaired) electrons. The topological polar surface area (TPSA) is 77.2 Å². The van der Waals surface area contributed by atoms with Crippen LogP contribution in [0.25, 0.3) is 11.3 Å². The first-order valence-electron chi connectivity index (χ1n) is 7.11. The third-order valence-corrected chi connectivity index (χ3v) is 3.82. The van der Waals surface area contributed by atoms with Gasteiger partial charge in [0.2, 0.25) is 0 Å². The van der Waals surface area contributed by atoms with Crippen LogP contribution in [0.15, 0.2) is 47.2 Å². The first kappa shape index (κ1) is 16.0. The zero-order valence-electron chi connectivity index (χ0n) is 13.0. The third-order valence-electron chi connectivity index (χ3n) is 3.42. The first-order valence-corrected chi connectivity index (χ1v) is 7.49. The van der Waals surface area contributed by atoms with E-state index in [2.05, 4.69) is 15.5 Å². The molecule has 1 aromatic carbocycles. The summed E-state index contributed by atoms with van der Waals surface area (Å²) >= 11 is 6.06. The van der Waals surface area contributed by atoms with Gasteiger partial charge in [-0.25, -0.2) is 0 Å². The molecule has 0 spiro atoms. The van der Waals surface area contributed by atoms with E-state index in [1.165, 1.54) is 7.11 Å². The van der Waals surface area contributed by atoms with Crippen molar-refractivity contribution in [1.82, 2.24) is 10.1 Å². The lowest BCUT2D eigenvalue weighted by atomic mass is 10.2. The molecule has 7 heteroatoms. The fraction of sp³-hybridized carbons (Fsp3) is 0.118. The highest BCUT2D eigenvalue weighted by Gasteiger charge is 2.16. The number of methoxy groups -OCH3 is 1. The van der Waals surface area contributed by atoms with E-state index >= 15 is 0 Å². The second kappa shape index (κ2) is 6.72. The number of anilines is 1. The van der Waals surface area contributed by atoms with E-state index in [0.717, 1.165) is 11.1 Å². The van der Waals surface area contributed by atoms with Crippen LogP contribution in [0.4, 0.5) is 5.69 Å². The molecule has 2 heterocycles. The minimum atomic E-state index is -0.408. The van der Waals surface area contributed by atoms with E-state index in [1.54, 1.807) is 36.7 Å². The van der Waals surface area contributed by atoms with Gasteiger partial charge in [0, 0.05) is 35.1 Å². The Balaban J connectivity index is 1.84. The number of amides is 1. The van der Waals surface area contributed by atoms with Gasteiger partial charge in [0.05, 0.1) is 12.8 Å². The molecule has 1 amide bonds. The zero-order chi connectivity index (χ0) is 17.1. The molecule has 0 bridgehead atoms. The maximum absolute atomic E-state index is 12.4. The van der Waals surface area contributed by atoms with Crippen LogP contribution in [-0.2, 0) is 0 Å². The highest BCUT2D eigenvalue weighted by molar-refractivity contribution is 6.31. The van der Waals surface area contributed by atoms with E-state index in [1.807, 2.05) is 13.0 Å². The van der Waals surface area contributed by atoms with Gasteiger partial charge in [0.25, 0.3) is 5.91 Å². The Morgan fingerprint density at radius 2 is 2.17 bits per heavy atom. The number of nitrogens with one attached hydrogen (secondary N) is 1. The number of nitrogens with zero attached hydrogens (tertiary/aromatic N) is 2. The Morgan fingerprint density at radius 1 is 1.33 bits per heavy atom. The van der Waals surface area contributed by atoms with Gasteiger partial charge in [-0.3, -0.25) is 9.78 Å². The summed E-state index contributed by atoms with van der Waals surface area (Å²) in [6.45, 7) is 1.84. The standard InChI is InChI=1S/C17H14ClN3O3/c1-10-6-13(16(23-2)7-12(10)18)20-17(22)14-8-15(24-21-14)11-4-3-5-19-9-11/h3-9H,1-2H3,(H,20,22). The maximum atomic E-state index is 12.4. The number of halogens is 1. The molecule has 1 N–H and O–H groups in total. The minimum Gasteiger partial charge on any atom is -0.495 e. The van der Waals surface area contributed by atoms with Crippen molar-refractivity contribution in [3.8, 4) is 17.1 Å². The maximum Gasteiger partial charge on any atom is 0.277 e. The summed E-state index contributed by atoms with van der Waals surface area (Å²) in [6.07, 6.45) is 3.29. The van der Waals surface area contributed by atoms with Crippen molar-refractivity contribution < 1.29 is 14.1 Å². The SMILES string of the molecule is COc1cc(Cl)c(C)cc1NC(=O)c1cc(-c2cccnc2)on1. The van der Waals surface area contributed by atoms with Crippen molar-refractivity contribution in [3.63, 3.8) is 0 Å². The molecule has 0 saturated heterocycles. The van der Waals surface area contributed by atoms with Crippen LogP contribution in [-0.4, -0.2) is 23.2 Å². The predicted octanol–water partition coefficient (Wildman–Crippen LogP) is 3.96. The second-order valence-corrected chi connectivity index (χ2v) is 5.48. The molecule has 3 rings (SSSR count). The van der Waals surface area contributed by atoms with Crippen molar-refractivity contribution in [3.05, 3.63) is 59.0 Å². The molecule has 0 aliphatic heterocycles. The fourth-order valence-electron chi connectivity index (χ4n) is 2.14. The molecular weight excluding hydrogens is 330 g/mol. The average molecular weight is 344 g/mol. The number of ether oxygens (including phenoxy) is 1. The van der Waals surface area contributed by atoms with Gasteiger partial charge in [-0.2, -0.15) is 0 Å². The van der Waals surface area contributed by atoms with Crippen LogP contribution in [0.2, 0.25) is 5.02 Å². The number of carbonyl (C=O) groups excluding carboxylic acids is 1. The first-order chi connectivity index (χ1) is 11.6. The summed E-state index contributed by atoms with van der Waals surface area (Å²) < 4.78 is 10.4. The van der Waals surface area contributed by atoms with Gasteiger partial charge in [-0.15, -0.1) is 0 Å². The third kappa shape index (κ3) is 3.23. The molecule has 0 unspecified atom stereocenters. The molecule has 0 fully saturated rings. The highest BCUT2D eigenvalue weighted by atomic mass is 35.5. The molecular formula is C17H14ClN3O3. The highest BCUT2D eigenvalue weighted by Crippen LogP contribution is 2.31. The van der Waals surface area contributed by atoms with Crippen molar-refractivity contribution in [2.75, 3.05) is 12.4 Å². The van der Waals surface area contributed by atoms with Gasteiger partial charge in [0.1, 0.15) is 5.75 Å². The number of hydrogen-bond acceptors (Lipinski definition) is 5. The number of hydrogen-bond donors (Lipinski definition) is 1. The van der Waals surface area contributed by atoms with Gasteiger partial charge >= 0.3 is 0 Å². The molecule has 2 aromatic heterocycles.